The summed E-state index contributed by atoms with van der Waals surface area (Å²) in [7, 11) is 0. The Balaban J connectivity index is 0.00000300. The largest absolute Gasteiger partial charge is 0.357 e. The first-order valence-electron chi connectivity index (χ1n) is 10.5. The molecule has 2 aromatic heterocycles. The van der Waals surface area contributed by atoms with E-state index in [-0.39, 0.29) is 24.0 Å². The lowest BCUT2D eigenvalue weighted by atomic mass is 10.1. The second-order valence-electron chi connectivity index (χ2n) is 7.29. The van der Waals surface area contributed by atoms with Gasteiger partial charge in [-0.1, -0.05) is 6.92 Å². The van der Waals surface area contributed by atoms with E-state index in [0.717, 1.165) is 36.2 Å². The van der Waals surface area contributed by atoms with E-state index in [2.05, 4.69) is 58.8 Å². The molecule has 1 fully saturated rings. The van der Waals surface area contributed by atoms with Crippen LogP contribution in [0.3, 0.4) is 0 Å². The molecule has 3 rings (SSSR count). The first-order chi connectivity index (χ1) is 13.7. The van der Waals surface area contributed by atoms with Gasteiger partial charge >= 0.3 is 0 Å². The molecule has 2 aromatic rings. The predicted molar refractivity (Wildman–Crippen MR) is 138 cm³/mol. The molecule has 0 unspecified atom stereocenters. The van der Waals surface area contributed by atoms with Gasteiger partial charge in [0.2, 0.25) is 0 Å². The number of nitrogens with zero attached hydrogens (tertiary/aromatic N) is 3. The lowest BCUT2D eigenvalue weighted by molar-refractivity contribution is 0.206. The Kier molecular flexibility index (Phi) is 10.9. The van der Waals surface area contributed by atoms with Gasteiger partial charge in [0.1, 0.15) is 0 Å². The fourth-order valence-corrected chi connectivity index (χ4v) is 5.18. The first-order valence-corrected chi connectivity index (χ1v) is 12.2. The number of aliphatic imine (C=N–C) groups is 1. The number of aromatic nitrogens is 1. The molecule has 0 saturated carbocycles. The third kappa shape index (κ3) is 7.80. The number of aryl methyl sites for hydroxylation is 1. The van der Waals surface area contributed by atoms with E-state index >= 15 is 0 Å². The van der Waals surface area contributed by atoms with Crippen LogP contribution in [0.2, 0.25) is 0 Å². The number of rotatable bonds is 8. The van der Waals surface area contributed by atoms with Crippen LogP contribution in [0.5, 0.6) is 0 Å². The van der Waals surface area contributed by atoms with Crippen molar-refractivity contribution in [3.05, 3.63) is 27.4 Å². The van der Waals surface area contributed by atoms with E-state index in [9.17, 15) is 0 Å². The minimum absolute atomic E-state index is 0. The Labute approximate surface area is 200 Å². The van der Waals surface area contributed by atoms with Gasteiger partial charge < -0.3 is 15.5 Å². The molecule has 0 radical (unpaired) electrons. The average molecular weight is 548 g/mol. The van der Waals surface area contributed by atoms with Gasteiger partial charge in [-0.15, -0.1) is 46.7 Å². The zero-order chi connectivity index (χ0) is 19.8. The Morgan fingerprint density at radius 2 is 2.07 bits per heavy atom. The van der Waals surface area contributed by atoms with E-state index in [1.807, 2.05) is 11.3 Å². The average Bonchev–Trinajstić information content (AvgIpc) is 3.33. The topological polar surface area (TPSA) is 52.5 Å². The third-order valence-electron chi connectivity index (χ3n) is 4.97. The first kappa shape index (κ1) is 24.6. The summed E-state index contributed by atoms with van der Waals surface area (Å²) >= 11 is 3.54. The van der Waals surface area contributed by atoms with Gasteiger partial charge in [-0.3, -0.25) is 4.99 Å². The minimum Gasteiger partial charge on any atom is -0.357 e. The van der Waals surface area contributed by atoms with Crippen molar-refractivity contribution >= 4 is 52.6 Å². The molecule has 0 spiro atoms. The van der Waals surface area contributed by atoms with Crippen LogP contribution in [-0.4, -0.2) is 54.6 Å². The summed E-state index contributed by atoms with van der Waals surface area (Å²) in [4.78, 5) is 14.6. The molecule has 2 N–H and O–H groups in total. The summed E-state index contributed by atoms with van der Waals surface area (Å²) < 4.78 is 0. The van der Waals surface area contributed by atoms with Crippen LogP contribution in [-0.2, 0) is 6.42 Å². The number of likely N-dealkylation sites (tertiary alicyclic amines) is 1. The maximum atomic E-state index is 4.82. The van der Waals surface area contributed by atoms with Gasteiger partial charge in [-0.05, 0) is 51.8 Å². The Bertz CT molecular complexity index is 750. The molecule has 5 nitrogen and oxygen atoms in total. The lowest BCUT2D eigenvalue weighted by Crippen LogP contribution is -2.48. The molecule has 3 heterocycles. The Morgan fingerprint density at radius 3 is 2.72 bits per heavy atom. The van der Waals surface area contributed by atoms with Gasteiger partial charge in [0.05, 0.1) is 15.6 Å². The normalized spacial score (nSPS) is 15.9. The third-order valence-corrected chi connectivity index (χ3v) is 6.91. The van der Waals surface area contributed by atoms with E-state index < -0.39 is 0 Å². The van der Waals surface area contributed by atoms with Crippen LogP contribution >= 0.6 is 46.7 Å². The molecule has 0 aliphatic carbocycles. The standard InChI is InChI=1S/C21H33N5S2.HI/c1-4-12-26-13-9-17(10-14-26)25-21(22-5-2)23-11-8-18-6-7-20(28-18)19-15-27-16(3)24-19;/h6-7,15,17H,4-5,8-14H2,1-3H3,(H2,22,23,25);1H. The van der Waals surface area contributed by atoms with Gasteiger partial charge in [-0.2, -0.15) is 0 Å². The number of thiazole rings is 1. The van der Waals surface area contributed by atoms with Gasteiger partial charge in [0, 0.05) is 48.9 Å². The number of thiophene rings is 1. The minimum atomic E-state index is 0. The molecule has 8 heteroatoms. The van der Waals surface area contributed by atoms with Crippen LogP contribution in [0.4, 0.5) is 0 Å². The molecule has 0 bridgehead atoms. The van der Waals surface area contributed by atoms with Crippen molar-refractivity contribution in [1.29, 1.82) is 0 Å². The maximum absolute atomic E-state index is 4.82. The van der Waals surface area contributed by atoms with Gasteiger partial charge in [-0.25, -0.2) is 4.98 Å². The van der Waals surface area contributed by atoms with Crippen molar-refractivity contribution in [2.24, 2.45) is 4.99 Å². The van der Waals surface area contributed by atoms with Crippen molar-refractivity contribution in [3.8, 4) is 10.6 Å². The fraction of sp³-hybridized carbons (Fsp3) is 0.619. The molecular formula is C21H34IN5S2. The fourth-order valence-electron chi connectivity index (χ4n) is 3.53. The van der Waals surface area contributed by atoms with E-state index in [0.29, 0.717) is 6.04 Å². The molecule has 1 aliphatic rings. The molecule has 0 atom stereocenters. The number of nitrogens with one attached hydrogen (secondary N) is 2. The van der Waals surface area contributed by atoms with Crippen molar-refractivity contribution in [2.45, 2.75) is 52.5 Å². The summed E-state index contributed by atoms with van der Waals surface area (Å²) in [6.45, 7) is 11.8. The summed E-state index contributed by atoms with van der Waals surface area (Å²) in [5, 5.41) is 10.3. The number of halogens is 1. The van der Waals surface area contributed by atoms with Crippen LogP contribution in [0.1, 0.15) is 43.0 Å². The van der Waals surface area contributed by atoms with Crippen LogP contribution in [0.15, 0.2) is 22.5 Å². The van der Waals surface area contributed by atoms with E-state index in [4.69, 9.17) is 4.99 Å². The second kappa shape index (κ2) is 12.9. The van der Waals surface area contributed by atoms with Crippen molar-refractivity contribution in [2.75, 3.05) is 32.7 Å². The highest BCUT2D eigenvalue weighted by atomic mass is 127. The summed E-state index contributed by atoms with van der Waals surface area (Å²) in [5.41, 5.74) is 1.10. The molecule has 1 aliphatic heterocycles. The summed E-state index contributed by atoms with van der Waals surface area (Å²) in [5.74, 6) is 0.961. The molecule has 1 saturated heterocycles. The number of guanidine groups is 1. The van der Waals surface area contributed by atoms with Crippen molar-refractivity contribution in [1.82, 2.24) is 20.5 Å². The zero-order valence-corrected chi connectivity index (χ0v) is 21.7. The molecule has 29 heavy (non-hydrogen) atoms. The lowest BCUT2D eigenvalue weighted by Gasteiger charge is -2.32. The molecule has 0 amide bonds. The monoisotopic (exact) mass is 547 g/mol. The number of hydrogen-bond acceptors (Lipinski definition) is 5. The van der Waals surface area contributed by atoms with Crippen molar-refractivity contribution in [3.63, 3.8) is 0 Å². The van der Waals surface area contributed by atoms with E-state index in [1.54, 1.807) is 11.3 Å². The highest BCUT2D eigenvalue weighted by molar-refractivity contribution is 14.0. The highest BCUT2D eigenvalue weighted by Crippen LogP contribution is 2.29. The van der Waals surface area contributed by atoms with Crippen molar-refractivity contribution < 1.29 is 0 Å². The molecule has 162 valence electrons. The SMILES string of the molecule is CCCN1CCC(NC(=NCCc2ccc(-c3csc(C)n3)s2)NCC)CC1.I. The Hall–Kier alpha value is -0.710. The van der Waals surface area contributed by atoms with Gasteiger partial charge in [0.25, 0.3) is 0 Å². The quantitative estimate of drug-likeness (QED) is 0.284. The van der Waals surface area contributed by atoms with Crippen LogP contribution in [0, 0.1) is 6.92 Å². The highest BCUT2D eigenvalue weighted by Gasteiger charge is 2.19. The predicted octanol–water partition coefficient (Wildman–Crippen LogP) is 4.77. The van der Waals surface area contributed by atoms with E-state index in [1.165, 1.54) is 48.7 Å². The van der Waals surface area contributed by atoms with Crippen LogP contribution in [0.25, 0.3) is 10.6 Å². The molecular weight excluding hydrogens is 513 g/mol. The summed E-state index contributed by atoms with van der Waals surface area (Å²) in [6.07, 6.45) is 4.62. The molecule has 0 aromatic carbocycles. The maximum Gasteiger partial charge on any atom is 0.191 e. The zero-order valence-electron chi connectivity index (χ0n) is 17.7. The number of piperidine rings is 1. The number of hydrogen-bond donors (Lipinski definition) is 2. The Morgan fingerprint density at radius 1 is 1.28 bits per heavy atom. The smallest absolute Gasteiger partial charge is 0.191 e. The second-order valence-corrected chi connectivity index (χ2v) is 9.52. The van der Waals surface area contributed by atoms with Gasteiger partial charge in [0.15, 0.2) is 5.96 Å². The van der Waals surface area contributed by atoms with Crippen LogP contribution < -0.4 is 10.6 Å². The summed E-state index contributed by atoms with van der Waals surface area (Å²) in [6, 6.07) is 4.94.